The zero-order chi connectivity index (χ0) is 19.8. The number of carbonyl (C=O) groups is 2. The number of hydrogen-bond donors (Lipinski definition) is 1. The van der Waals surface area contributed by atoms with Crippen LogP contribution in [0.4, 0.5) is 0 Å². The molecule has 142 valence electrons. The van der Waals surface area contributed by atoms with Crippen LogP contribution in [0.25, 0.3) is 0 Å². The van der Waals surface area contributed by atoms with E-state index in [4.69, 9.17) is 4.74 Å². The fourth-order valence-electron chi connectivity index (χ4n) is 3.00. The molecule has 4 nitrogen and oxygen atoms in total. The average Bonchev–Trinajstić information content (AvgIpc) is 2.74. The highest BCUT2D eigenvalue weighted by atomic mass is 16.5. The van der Waals surface area contributed by atoms with Gasteiger partial charge >= 0.3 is 0 Å². The quantitative estimate of drug-likeness (QED) is 0.602. The maximum absolute atomic E-state index is 12.3. The van der Waals surface area contributed by atoms with E-state index >= 15 is 0 Å². The first-order chi connectivity index (χ1) is 13.6. The van der Waals surface area contributed by atoms with E-state index in [-0.39, 0.29) is 24.2 Å². The summed E-state index contributed by atoms with van der Waals surface area (Å²) in [4.78, 5) is 23.6. The smallest absolute Gasteiger partial charge is 0.257 e. The van der Waals surface area contributed by atoms with Crippen LogP contribution in [0.3, 0.4) is 0 Å². The Balaban J connectivity index is 1.58. The Morgan fingerprint density at radius 2 is 1.36 bits per heavy atom. The molecule has 0 aliphatic heterocycles. The largest absolute Gasteiger partial charge is 0.484 e. The predicted molar refractivity (Wildman–Crippen MR) is 110 cm³/mol. The number of ether oxygens (including phenoxy) is 1. The first-order valence-corrected chi connectivity index (χ1v) is 9.24. The number of ketones is 1. The third kappa shape index (κ3) is 5.30. The number of carbonyl (C=O) groups excluding carboxylic acids is 2. The van der Waals surface area contributed by atoms with Crippen LogP contribution in [0, 0.1) is 0 Å². The van der Waals surface area contributed by atoms with Crippen LogP contribution < -0.4 is 10.1 Å². The van der Waals surface area contributed by atoms with Gasteiger partial charge in [0.2, 0.25) is 0 Å². The Hall–Kier alpha value is -3.40. The molecule has 0 aliphatic carbocycles. The van der Waals surface area contributed by atoms with Crippen LogP contribution in [0.2, 0.25) is 0 Å². The highest BCUT2D eigenvalue weighted by molar-refractivity contribution is 5.94. The van der Waals surface area contributed by atoms with Gasteiger partial charge in [-0.3, -0.25) is 9.59 Å². The van der Waals surface area contributed by atoms with E-state index in [2.05, 4.69) is 29.6 Å². The summed E-state index contributed by atoms with van der Waals surface area (Å²) < 4.78 is 5.52. The summed E-state index contributed by atoms with van der Waals surface area (Å²) in [7, 11) is 0. The van der Waals surface area contributed by atoms with Crippen LogP contribution in [0.5, 0.6) is 5.75 Å². The van der Waals surface area contributed by atoms with E-state index in [1.54, 1.807) is 24.3 Å². The maximum Gasteiger partial charge on any atom is 0.257 e. The molecular formula is C24H23NO3. The molecule has 0 aromatic heterocycles. The number of amides is 1. The van der Waals surface area contributed by atoms with Gasteiger partial charge in [0.05, 0.1) is 0 Å². The SMILES string of the molecule is CC(=O)c1ccc(OCC(=O)NCC(c2ccccc2)c2ccccc2)cc1. The van der Waals surface area contributed by atoms with Gasteiger partial charge in [-0.1, -0.05) is 60.7 Å². The minimum atomic E-state index is -0.187. The fourth-order valence-corrected chi connectivity index (χ4v) is 3.00. The van der Waals surface area contributed by atoms with Crippen LogP contribution in [-0.4, -0.2) is 24.8 Å². The molecule has 0 atom stereocenters. The van der Waals surface area contributed by atoms with Crippen LogP contribution >= 0.6 is 0 Å². The van der Waals surface area contributed by atoms with Crippen LogP contribution in [-0.2, 0) is 4.79 Å². The molecule has 0 heterocycles. The third-order valence-electron chi connectivity index (χ3n) is 4.54. The molecule has 0 aliphatic rings. The number of benzene rings is 3. The number of hydrogen-bond acceptors (Lipinski definition) is 3. The summed E-state index contributed by atoms with van der Waals surface area (Å²) in [5, 5.41) is 2.96. The van der Waals surface area contributed by atoms with Gasteiger partial charge in [-0.2, -0.15) is 0 Å². The monoisotopic (exact) mass is 373 g/mol. The van der Waals surface area contributed by atoms with E-state index in [1.807, 2.05) is 36.4 Å². The van der Waals surface area contributed by atoms with Gasteiger partial charge < -0.3 is 10.1 Å². The Kier molecular flexibility index (Phi) is 6.58. The van der Waals surface area contributed by atoms with Crippen molar-refractivity contribution in [3.05, 3.63) is 102 Å². The Labute approximate surface area is 165 Å². The fraction of sp³-hybridized carbons (Fsp3) is 0.167. The summed E-state index contributed by atoms with van der Waals surface area (Å²) in [6, 6.07) is 27.0. The summed E-state index contributed by atoms with van der Waals surface area (Å²) in [5.74, 6) is 0.439. The predicted octanol–water partition coefficient (Wildman–Crippen LogP) is 4.22. The topological polar surface area (TPSA) is 55.4 Å². The lowest BCUT2D eigenvalue weighted by Crippen LogP contribution is -2.32. The minimum absolute atomic E-state index is 0.00263. The summed E-state index contributed by atoms with van der Waals surface area (Å²) in [6.45, 7) is 1.93. The lowest BCUT2D eigenvalue weighted by molar-refractivity contribution is -0.123. The van der Waals surface area contributed by atoms with Gasteiger partial charge in [0.1, 0.15) is 5.75 Å². The minimum Gasteiger partial charge on any atom is -0.484 e. The molecule has 0 spiro atoms. The highest BCUT2D eigenvalue weighted by Gasteiger charge is 2.15. The highest BCUT2D eigenvalue weighted by Crippen LogP contribution is 2.23. The molecule has 0 saturated carbocycles. The molecule has 4 heteroatoms. The molecule has 0 unspecified atom stereocenters. The second-order valence-corrected chi connectivity index (χ2v) is 6.55. The van der Waals surface area contributed by atoms with Crippen molar-refractivity contribution < 1.29 is 14.3 Å². The number of nitrogens with one attached hydrogen (secondary N) is 1. The average molecular weight is 373 g/mol. The molecule has 3 aromatic carbocycles. The molecule has 0 radical (unpaired) electrons. The molecule has 0 saturated heterocycles. The van der Waals surface area contributed by atoms with Gasteiger partial charge in [0.25, 0.3) is 5.91 Å². The molecule has 1 N–H and O–H groups in total. The van der Waals surface area contributed by atoms with Crippen molar-refractivity contribution >= 4 is 11.7 Å². The van der Waals surface area contributed by atoms with Crippen LogP contribution in [0.1, 0.15) is 34.3 Å². The molecular weight excluding hydrogens is 350 g/mol. The van der Waals surface area contributed by atoms with E-state index < -0.39 is 0 Å². The Morgan fingerprint density at radius 3 is 1.86 bits per heavy atom. The number of Topliss-reactive ketones (excluding diaryl/α,β-unsaturated/α-hetero) is 1. The summed E-state index contributed by atoms with van der Waals surface area (Å²) in [5.41, 5.74) is 2.91. The summed E-state index contributed by atoms with van der Waals surface area (Å²) in [6.07, 6.45) is 0. The van der Waals surface area contributed by atoms with E-state index in [0.717, 1.165) is 11.1 Å². The standard InChI is InChI=1S/C24H23NO3/c1-18(26)19-12-14-22(15-13-19)28-17-24(27)25-16-23(20-8-4-2-5-9-20)21-10-6-3-7-11-21/h2-15,23H,16-17H2,1H3,(H,25,27). The van der Waals surface area contributed by atoms with Crippen molar-refractivity contribution in [3.8, 4) is 5.75 Å². The van der Waals surface area contributed by atoms with Gasteiger partial charge in [-0.15, -0.1) is 0 Å². The second kappa shape index (κ2) is 9.51. The summed E-state index contributed by atoms with van der Waals surface area (Å²) >= 11 is 0. The van der Waals surface area contributed by atoms with Crippen molar-refractivity contribution in [1.82, 2.24) is 5.32 Å². The molecule has 1 amide bonds. The maximum atomic E-state index is 12.3. The van der Waals surface area contributed by atoms with Crippen LogP contribution in [0.15, 0.2) is 84.9 Å². The van der Waals surface area contributed by atoms with Crippen molar-refractivity contribution in [3.63, 3.8) is 0 Å². The third-order valence-corrected chi connectivity index (χ3v) is 4.54. The first kappa shape index (κ1) is 19.4. The van der Waals surface area contributed by atoms with E-state index in [0.29, 0.717) is 17.9 Å². The molecule has 0 bridgehead atoms. The van der Waals surface area contributed by atoms with Crippen molar-refractivity contribution in [1.29, 1.82) is 0 Å². The number of rotatable bonds is 8. The van der Waals surface area contributed by atoms with Gasteiger partial charge in [-0.05, 0) is 42.3 Å². The Morgan fingerprint density at radius 1 is 0.821 bits per heavy atom. The van der Waals surface area contributed by atoms with Gasteiger partial charge in [-0.25, -0.2) is 0 Å². The van der Waals surface area contributed by atoms with Crippen molar-refractivity contribution in [2.45, 2.75) is 12.8 Å². The van der Waals surface area contributed by atoms with Crippen molar-refractivity contribution in [2.75, 3.05) is 13.2 Å². The lowest BCUT2D eigenvalue weighted by atomic mass is 9.91. The molecule has 3 aromatic rings. The zero-order valence-corrected chi connectivity index (χ0v) is 15.8. The van der Waals surface area contributed by atoms with Gasteiger partial charge in [0.15, 0.2) is 12.4 Å². The lowest BCUT2D eigenvalue weighted by Gasteiger charge is -2.19. The van der Waals surface area contributed by atoms with Crippen molar-refractivity contribution in [2.24, 2.45) is 0 Å². The first-order valence-electron chi connectivity index (χ1n) is 9.24. The normalized spacial score (nSPS) is 10.5. The van der Waals surface area contributed by atoms with E-state index in [9.17, 15) is 9.59 Å². The van der Waals surface area contributed by atoms with E-state index in [1.165, 1.54) is 6.92 Å². The zero-order valence-electron chi connectivity index (χ0n) is 15.8. The molecule has 3 rings (SSSR count). The molecule has 0 fully saturated rings. The Bertz CT molecular complexity index is 866. The molecule has 28 heavy (non-hydrogen) atoms. The second-order valence-electron chi connectivity index (χ2n) is 6.55. The van der Waals surface area contributed by atoms with Gasteiger partial charge in [0, 0.05) is 18.0 Å².